The number of alkyl halides is 1. The van der Waals surface area contributed by atoms with E-state index in [4.69, 9.17) is 4.74 Å². The smallest absolute Gasteiger partial charge is 0.414 e. The van der Waals surface area contributed by atoms with Crippen LogP contribution in [-0.2, 0) is 4.74 Å². The van der Waals surface area contributed by atoms with E-state index >= 15 is 0 Å². The number of rotatable bonds is 0. The van der Waals surface area contributed by atoms with Crippen LogP contribution in [0.4, 0.5) is 10.5 Å². The zero-order valence-electron chi connectivity index (χ0n) is 10.1. The monoisotopic (exact) mass is 346 g/mol. The minimum atomic E-state index is -0.469. The van der Waals surface area contributed by atoms with Crippen molar-refractivity contribution in [2.75, 3.05) is 11.4 Å². The number of hydrogen-bond acceptors (Lipinski definition) is 3. The molecule has 1 aromatic rings. The van der Waals surface area contributed by atoms with Crippen LogP contribution < -0.4 is 4.90 Å². The summed E-state index contributed by atoms with van der Waals surface area (Å²) < 4.78 is 5.62. The first-order valence-corrected chi connectivity index (χ1v) is 6.72. The van der Waals surface area contributed by atoms with E-state index in [1.54, 1.807) is 11.1 Å². The molecule has 0 aromatic carbocycles. The lowest BCUT2D eigenvalue weighted by molar-refractivity contribution is 0.0584. The second-order valence-corrected chi connectivity index (χ2v) is 6.47. The Morgan fingerprint density at radius 1 is 1.59 bits per heavy atom. The fourth-order valence-electron chi connectivity index (χ4n) is 1.71. The third-order valence-corrected chi connectivity index (χ3v) is 3.34. The van der Waals surface area contributed by atoms with Gasteiger partial charge < -0.3 is 4.74 Å². The van der Waals surface area contributed by atoms with E-state index in [0.717, 1.165) is 11.4 Å². The van der Waals surface area contributed by atoms with Gasteiger partial charge in [-0.15, -0.1) is 0 Å². The largest absolute Gasteiger partial charge is 0.443 e. The van der Waals surface area contributed by atoms with E-state index in [9.17, 15) is 4.79 Å². The van der Waals surface area contributed by atoms with Gasteiger partial charge in [-0.1, -0.05) is 22.6 Å². The number of halogens is 1. The van der Waals surface area contributed by atoms with Gasteiger partial charge in [-0.25, -0.2) is 4.79 Å². The zero-order valence-corrected chi connectivity index (χ0v) is 12.3. The van der Waals surface area contributed by atoms with Gasteiger partial charge in [0.25, 0.3) is 0 Å². The lowest BCUT2D eigenvalue weighted by atomic mass is 10.2. The predicted molar refractivity (Wildman–Crippen MR) is 74.6 cm³/mol. The van der Waals surface area contributed by atoms with Crippen LogP contribution in [-0.4, -0.2) is 23.2 Å². The first-order chi connectivity index (χ1) is 7.88. The van der Waals surface area contributed by atoms with E-state index < -0.39 is 5.60 Å². The molecule has 0 spiro atoms. The maximum atomic E-state index is 12.0. The number of amides is 1. The molecule has 1 amide bonds. The summed E-state index contributed by atoms with van der Waals surface area (Å²) in [5, 5.41) is 0. The van der Waals surface area contributed by atoms with Crippen molar-refractivity contribution >= 4 is 34.4 Å². The first-order valence-electron chi connectivity index (χ1n) is 5.48. The van der Waals surface area contributed by atoms with Crippen molar-refractivity contribution in [2.45, 2.75) is 30.3 Å². The number of anilines is 1. The number of nitrogens with zero attached hydrogens (tertiary/aromatic N) is 2. The Bertz CT molecular complexity index is 442. The molecular weight excluding hydrogens is 331 g/mol. The Morgan fingerprint density at radius 3 is 2.94 bits per heavy atom. The Kier molecular flexibility index (Phi) is 3.29. The number of carbonyl (C=O) groups is 1. The van der Waals surface area contributed by atoms with Gasteiger partial charge in [0.05, 0.1) is 15.3 Å². The van der Waals surface area contributed by atoms with Gasteiger partial charge in [-0.3, -0.25) is 9.88 Å². The van der Waals surface area contributed by atoms with Crippen LogP contribution in [0.5, 0.6) is 0 Å². The highest BCUT2D eigenvalue weighted by Gasteiger charge is 2.34. The summed E-state index contributed by atoms with van der Waals surface area (Å²) in [4.78, 5) is 18.0. The summed E-state index contributed by atoms with van der Waals surface area (Å²) in [6.07, 6.45) is 1.45. The summed E-state index contributed by atoms with van der Waals surface area (Å²) >= 11 is 2.30. The summed E-state index contributed by atoms with van der Waals surface area (Å²) in [5.74, 6) is 0. The molecule has 0 saturated carbocycles. The second-order valence-electron chi connectivity index (χ2n) is 4.97. The summed E-state index contributed by atoms with van der Waals surface area (Å²) in [5.41, 5.74) is 1.35. The predicted octanol–water partition coefficient (Wildman–Crippen LogP) is 3.31. The normalized spacial score (nSPS) is 19.1. The van der Waals surface area contributed by atoms with E-state index in [1.807, 2.05) is 32.9 Å². The Hall–Kier alpha value is -0.850. The fraction of sp³-hybridized carbons (Fsp3) is 0.500. The maximum absolute atomic E-state index is 12.0. The van der Waals surface area contributed by atoms with Crippen molar-refractivity contribution in [1.29, 1.82) is 0 Å². The topological polar surface area (TPSA) is 42.4 Å². The molecule has 92 valence electrons. The SMILES string of the molecule is CC(C)(C)OC(=O)N1CC(I)c2ncccc21. The molecule has 0 bridgehead atoms. The average Bonchev–Trinajstić information content (AvgIpc) is 2.55. The van der Waals surface area contributed by atoms with Crippen LogP contribution in [0.1, 0.15) is 30.4 Å². The van der Waals surface area contributed by atoms with E-state index in [2.05, 4.69) is 27.6 Å². The van der Waals surface area contributed by atoms with E-state index in [-0.39, 0.29) is 10.0 Å². The molecule has 1 aromatic heterocycles. The average molecular weight is 346 g/mol. The molecule has 0 saturated heterocycles. The quantitative estimate of drug-likeness (QED) is 0.535. The molecule has 0 radical (unpaired) electrons. The summed E-state index contributed by atoms with van der Waals surface area (Å²) in [6.45, 7) is 6.23. The molecular formula is C12H15IN2O2. The number of hydrogen-bond donors (Lipinski definition) is 0. The highest BCUT2D eigenvalue weighted by Crippen LogP contribution is 2.38. The lowest BCUT2D eigenvalue weighted by Crippen LogP contribution is -2.35. The van der Waals surface area contributed by atoms with Crippen molar-refractivity contribution in [3.63, 3.8) is 0 Å². The molecule has 2 rings (SSSR count). The molecule has 1 aliphatic rings. The number of pyridine rings is 1. The highest BCUT2D eigenvalue weighted by molar-refractivity contribution is 14.1. The molecule has 0 fully saturated rings. The van der Waals surface area contributed by atoms with E-state index in [0.29, 0.717) is 6.54 Å². The van der Waals surface area contributed by atoms with Crippen molar-refractivity contribution in [3.8, 4) is 0 Å². The van der Waals surface area contributed by atoms with Gasteiger partial charge in [0, 0.05) is 12.7 Å². The standard InChI is InChI=1S/C12H15IN2O2/c1-12(2,3)17-11(16)15-7-8(13)10-9(15)5-4-6-14-10/h4-6,8H,7H2,1-3H3. The third-order valence-electron chi connectivity index (χ3n) is 2.36. The van der Waals surface area contributed by atoms with Gasteiger partial charge in [0.1, 0.15) is 5.60 Å². The first kappa shape index (κ1) is 12.6. The maximum Gasteiger partial charge on any atom is 0.414 e. The molecule has 1 aliphatic heterocycles. The zero-order chi connectivity index (χ0) is 12.6. The molecule has 0 N–H and O–H groups in total. The van der Waals surface area contributed by atoms with Gasteiger partial charge in [0.2, 0.25) is 0 Å². The van der Waals surface area contributed by atoms with Crippen LogP contribution in [0.25, 0.3) is 0 Å². The van der Waals surface area contributed by atoms with Crippen LogP contribution in [0, 0.1) is 0 Å². The van der Waals surface area contributed by atoms with Gasteiger partial charge in [-0.05, 0) is 32.9 Å². The van der Waals surface area contributed by atoms with Crippen LogP contribution in [0.15, 0.2) is 18.3 Å². The molecule has 5 heteroatoms. The van der Waals surface area contributed by atoms with Crippen LogP contribution >= 0.6 is 22.6 Å². The molecule has 2 heterocycles. The molecule has 4 nitrogen and oxygen atoms in total. The number of fused-ring (bicyclic) bond motifs is 1. The number of carbonyl (C=O) groups excluding carboxylic acids is 1. The summed E-state index contributed by atoms with van der Waals surface area (Å²) in [7, 11) is 0. The minimum Gasteiger partial charge on any atom is -0.443 e. The van der Waals surface area contributed by atoms with Crippen molar-refractivity contribution < 1.29 is 9.53 Å². The van der Waals surface area contributed by atoms with Crippen molar-refractivity contribution in [2.24, 2.45) is 0 Å². The van der Waals surface area contributed by atoms with Gasteiger partial charge >= 0.3 is 6.09 Å². The Balaban J connectivity index is 2.23. The number of ether oxygens (including phenoxy) is 1. The van der Waals surface area contributed by atoms with Crippen LogP contribution in [0.3, 0.4) is 0 Å². The van der Waals surface area contributed by atoms with Crippen LogP contribution in [0.2, 0.25) is 0 Å². The Morgan fingerprint density at radius 2 is 2.29 bits per heavy atom. The molecule has 17 heavy (non-hydrogen) atoms. The van der Waals surface area contributed by atoms with Crippen molar-refractivity contribution in [1.82, 2.24) is 4.98 Å². The number of aromatic nitrogens is 1. The summed E-state index contributed by atoms with van der Waals surface area (Å²) in [6, 6.07) is 3.75. The highest BCUT2D eigenvalue weighted by atomic mass is 127. The fourth-order valence-corrected chi connectivity index (χ4v) is 2.59. The van der Waals surface area contributed by atoms with Gasteiger partial charge in [-0.2, -0.15) is 0 Å². The molecule has 1 atom stereocenters. The van der Waals surface area contributed by atoms with Gasteiger partial charge in [0.15, 0.2) is 0 Å². The molecule has 0 aliphatic carbocycles. The molecule has 1 unspecified atom stereocenters. The third kappa shape index (κ3) is 2.70. The minimum absolute atomic E-state index is 0.233. The second kappa shape index (κ2) is 4.44. The van der Waals surface area contributed by atoms with Crippen molar-refractivity contribution in [3.05, 3.63) is 24.0 Å². The lowest BCUT2D eigenvalue weighted by Gasteiger charge is -2.24. The van der Waals surface area contributed by atoms with E-state index in [1.165, 1.54) is 0 Å². The Labute approximate surface area is 114 Å².